The van der Waals surface area contributed by atoms with E-state index in [-0.39, 0.29) is 0 Å². The largest absolute Gasteiger partial charge is 0.379 e. The van der Waals surface area contributed by atoms with Crippen LogP contribution >= 0.6 is 0 Å². The van der Waals surface area contributed by atoms with E-state index < -0.39 is 0 Å². The van der Waals surface area contributed by atoms with Crippen LogP contribution in [0, 0.1) is 5.41 Å². The number of hydrogen-bond acceptors (Lipinski definition) is 3. The molecule has 0 amide bonds. The van der Waals surface area contributed by atoms with Crippen molar-refractivity contribution >= 4 is 5.96 Å². The van der Waals surface area contributed by atoms with Crippen LogP contribution in [0.2, 0.25) is 0 Å². The maximum absolute atomic E-state index is 5.47. The maximum atomic E-state index is 5.47. The molecule has 0 radical (unpaired) electrons. The van der Waals surface area contributed by atoms with Gasteiger partial charge in [-0.3, -0.25) is 4.90 Å². The van der Waals surface area contributed by atoms with Crippen molar-refractivity contribution < 1.29 is 4.74 Å². The van der Waals surface area contributed by atoms with Crippen LogP contribution in [0.4, 0.5) is 0 Å². The zero-order chi connectivity index (χ0) is 18.4. The van der Waals surface area contributed by atoms with Crippen molar-refractivity contribution in [3.8, 4) is 0 Å². The molecule has 0 aromatic heterocycles. The van der Waals surface area contributed by atoms with Crippen LogP contribution in [0.1, 0.15) is 38.3 Å². The van der Waals surface area contributed by atoms with Gasteiger partial charge in [-0.15, -0.1) is 0 Å². The Labute approximate surface area is 158 Å². The lowest BCUT2D eigenvalue weighted by Crippen LogP contribution is -2.40. The highest BCUT2D eigenvalue weighted by Crippen LogP contribution is 2.28. The van der Waals surface area contributed by atoms with Gasteiger partial charge in [-0.25, -0.2) is 4.99 Å². The number of nitrogens with zero attached hydrogens (tertiary/aromatic N) is 3. The zero-order valence-electron chi connectivity index (χ0n) is 16.6. The minimum Gasteiger partial charge on any atom is -0.379 e. The topological polar surface area (TPSA) is 40.1 Å². The van der Waals surface area contributed by atoms with E-state index in [0.29, 0.717) is 5.41 Å². The van der Waals surface area contributed by atoms with Crippen molar-refractivity contribution in [2.45, 2.75) is 40.3 Å². The molecule has 1 aromatic rings. The molecule has 2 aliphatic heterocycles. The fraction of sp³-hybridized carbons (Fsp3) is 0.667. The second-order valence-electron chi connectivity index (χ2n) is 8.16. The van der Waals surface area contributed by atoms with E-state index in [2.05, 4.69) is 60.2 Å². The molecule has 0 unspecified atom stereocenters. The third kappa shape index (κ3) is 5.21. The highest BCUT2D eigenvalue weighted by molar-refractivity contribution is 5.80. The molecule has 0 saturated carbocycles. The Bertz CT molecular complexity index is 608. The van der Waals surface area contributed by atoms with Gasteiger partial charge in [-0.2, -0.15) is 0 Å². The van der Waals surface area contributed by atoms with Gasteiger partial charge < -0.3 is 15.0 Å². The summed E-state index contributed by atoms with van der Waals surface area (Å²) in [6.07, 6.45) is 1.23. The Balaban J connectivity index is 1.69. The van der Waals surface area contributed by atoms with Gasteiger partial charge in [0.1, 0.15) is 0 Å². The van der Waals surface area contributed by atoms with Crippen LogP contribution in [0.5, 0.6) is 0 Å². The highest BCUT2D eigenvalue weighted by Gasteiger charge is 2.30. The number of hydrogen-bond donors (Lipinski definition) is 1. The summed E-state index contributed by atoms with van der Waals surface area (Å²) in [5.74, 6) is 1.05. The number of rotatable bonds is 5. The van der Waals surface area contributed by atoms with Crippen LogP contribution in [0.15, 0.2) is 29.3 Å². The summed E-state index contributed by atoms with van der Waals surface area (Å²) >= 11 is 0. The van der Waals surface area contributed by atoms with Crippen molar-refractivity contribution in [2.75, 3.05) is 45.9 Å². The Kier molecular flexibility index (Phi) is 6.54. The van der Waals surface area contributed by atoms with E-state index >= 15 is 0 Å². The van der Waals surface area contributed by atoms with Gasteiger partial charge in [-0.05, 0) is 29.9 Å². The number of guanidine groups is 1. The fourth-order valence-corrected chi connectivity index (χ4v) is 3.75. The second kappa shape index (κ2) is 8.87. The molecule has 144 valence electrons. The quantitative estimate of drug-likeness (QED) is 0.649. The standard InChI is InChI=1S/C21H34N4O/c1-4-22-20(25-10-9-21(2,3)17-25)23-15-18-7-5-6-8-19(18)16-24-11-13-26-14-12-24/h5-8H,4,9-17H2,1-3H3,(H,22,23). The normalized spacial score (nSPS) is 21.2. The number of ether oxygens (including phenoxy) is 1. The van der Waals surface area contributed by atoms with Gasteiger partial charge in [-0.1, -0.05) is 38.1 Å². The average Bonchev–Trinajstić information content (AvgIpc) is 3.00. The van der Waals surface area contributed by atoms with Crippen LogP contribution < -0.4 is 5.32 Å². The minimum absolute atomic E-state index is 0.379. The van der Waals surface area contributed by atoms with Gasteiger partial charge in [0.05, 0.1) is 19.8 Å². The molecule has 5 nitrogen and oxygen atoms in total. The number of benzene rings is 1. The lowest BCUT2D eigenvalue weighted by molar-refractivity contribution is 0.0341. The number of aliphatic imine (C=N–C) groups is 1. The lowest BCUT2D eigenvalue weighted by atomic mass is 9.93. The number of morpholine rings is 1. The molecule has 2 saturated heterocycles. The molecule has 1 N–H and O–H groups in total. The molecule has 5 heteroatoms. The summed E-state index contributed by atoms with van der Waals surface area (Å²) < 4.78 is 5.47. The summed E-state index contributed by atoms with van der Waals surface area (Å²) in [4.78, 5) is 9.86. The molecule has 0 atom stereocenters. The smallest absolute Gasteiger partial charge is 0.194 e. The van der Waals surface area contributed by atoms with Gasteiger partial charge in [0.2, 0.25) is 0 Å². The van der Waals surface area contributed by atoms with Gasteiger partial charge >= 0.3 is 0 Å². The Morgan fingerprint density at radius 2 is 1.88 bits per heavy atom. The third-order valence-electron chi connectivity index (χ3n) is 5.33. The first-order valence-corrected chi connectivity index (χ1v) is 9.97. The van der Waals surface area contributed by atoms with Crippen molar-refractivity contribution in [3.63, 3.8) is 0 Å². The summed E-state index contributed by atoms with van der Waals surface area (Å²) in [6, 6.07) is 8.72. The van der Waals surface area contributed by atoms with Crippen molar-refractivity contribution in [1.29, 1.82) is 0 Å². The number of likely N-dealkylation sites (tertiary alicyclic amines) is 1. The highest BCUT2D eigenvalue weighted by atomic mass is 16.5. The monoisotopic (exact) mass is 358 g/mol. The SMILES string of the molecule is CCNC(=NCc1ccccc1CN1CCOCC1)N1CCC(C)(C)C1. The third-order valence-corrected chi connectivity index (χ3v) is 5.33. The molecule has 0 spiro atoms. The van der Waals surface area contributed by atoms with Crippen molar-refractivity contribution in [1.82, 2.24) is 15.1 Å². The van der Waals surface area contributed by atoms with Gasteiger partial charge in [0, 0.05) is 39.3 Å². The first-order chi connectivity index (χ1) is 12.6. The minimum atomic E-state index is 0.379. The predicted octanol–water partition coefficient (Wildman–Crippen LogP) is 2.72. The molecule has 0 aliphatic carbocycles. The molecular weight excluding hydrogens is 324 g/mol. The van der Waals surface area contributed by atoms with E-state index in [1.165, 1.54) is 17.5 Å². The molecular formula is C21H34N4O. The second-order valence-corrected chi connectivity index (χ2v) is 8.16. The number of nitrogens with one attached hydrogen (secondary N) is 1. The maximum Gasteiger partial charge on any atom is 0.194 e. The zero-order valence-corrected chi connectivity index (χ0v) is 16.6. The molecule has 26 heavy (non-hydrogen) atoms. The van der Waals surface area contributed by atoms with E-state index in [4.69, 9.17) is 9.73 Å². The molecule has 2 aliphatic rings. The van der Waals surface area contributed by atoms with E-state index in [1.54, 1.807) is 0 Å². The molecule has 0 bridgehead atoms. The van der Waals surface area contributed by atoms with Gasteiger partial charge in [0.15, 0.2) is 5.96 Å². The van der Waals surface area contributed by atoms with Crippen molar-refractivity contribution in [3.05, 3.63) is 35.4 Å². The Morgan fingerprint density at radius 1 is 1.15 bits per heavy atom. The first kappa shape index (κ1) is 19.2. The molecule has 2 fully saturated rings. The van der Waals surface area contributed by atoms with Crippen molar-refractivity contribution in [2.24, 2.45) is 10.4 Å². The first-order valence-electron chi connectivity index (χ1n) is 9.97. The fourth-order valence-electron chi connectivity index (χ4n) is 3.75. The Hall–Kier alpha value is -1.59. The van der Waals surface area contributed by atoms with Crippen LogP contribution in [0.25, 0.3) is 0 Å². The predicted molar refractivity (Wildman–Crippen MR) is 107 cm³/mol. The van der Waals surface area contributed by atoms with Gasteiger partial charge in [0.25, 0.3) is 0 Å². The van der Waals surface area contributed by atoms with E-state index in [1.807, 2.05) is 0 Å². The van der Waals surface area contributed by atoms with E-state index in [0.717, 1.165) is 65.0 Å². The van der Waals surface area contributed by atoms with Crippen LogP contribution in [-0.4, -0.2) is 61.7 Å². The Morgan fingerprint density at radius 3 is 2.54 bits per heavy atom. The summed E-state index contributed by atoms with van der Waals surface area (Å²) in [5.41, 5.74) is 3.09. The molecule has 3 rings (SSSR count). The van der Waals surface area contributed by atoms with Crippen LogP contribution in [-0.2, 0) is 17.8 Å². The summed E-state index contributed by atoms with van der Waals surface area (Å²) in [5, 5.41) is 3.48. The van der Waals surface area contributed by atoms with E-state index in [9.17, 15) is 0 Å². The average molecular weight is 359 g/mol. The molecule has 2 heterocycles. The summed E-state index contributed by atoms with van der Waals surface area (Å²) in [6.45, 7) is 15.3. The lowest BCUT2D eigenvalue weighted by Gasteiger charge is -2.27. The molecule has 1 aromatic carbocycles. The summed E-state index contributed by atoms with van der Waals surface area (Å²) in [7, 11) is 0. The van der Waals surface area contributed by atoms with Crippen LogP contribution in [0.3, 0.4) is 0 Å².